The number of anilines is 2. The maximum atomic E-state index is 13.0. The number of carbonyl (C=O) groups excluding carboxylic acids is 1. The second-order valence-corrected chi connectivity index (χ2v) is 6.96. The summed E-state index contributed by atoms with van der Waals surface area (Å²) in [6.45, 7) is 4.85. The van der Waals surface area contributed by atoms with Crippen LogP contribution in [0.15, 0.2) is 67.0 Å². The van der Waals surface area contributed by atoms with Gasteiger partial charge in [-0.3, -0.25) is 9.78 Å². The van der Waals surface area contributed by atoms with E-state index in [0.717, 1.165) is 28.9 Å². The molecule has 0 atom stereocenters. The Morgan fingerprint density at radius 2 is 1.82 bits per heavy atom. The third-order valence-corrected chi connectivity index (χ3v) is 4.49. The Labute approximate surface area is 164 Å². The first-order chi connectivity index (χ1) is 13.5. The van der Waals surface area contributed by atoms with Crippen LogP contribution >= 0.6 is 0 Å². The average molecular weight is 377 g/mol. The molecule has 0 unspecified atom stereocenters. The number of para-hydroxylation sites is 1. The summed E-state index contributed by atoms with van der Waals surface area (Å²) in [5, 5.41) is 6.24. The molecule has 2 N–H and O–H groups in total. The number of aromatic nitrogens is 1. The first-order valence-corrected chi connectivity index (χ1v) is 9.36. The summed E-state index contributed by atoms with van der Waals surface area (Å²) in [4.78, 5) is 16.8. The highest BCUT2D eigenvalue weighted by Gasteiger charge is 2.11. The summed E-state index contributed by atoms with van der Waals surface area (Å²) >= 11 is 0. The van der Waals surface area contributed by atoms with Crippen molar-refractivity contribution in [3.05, 3.63) is 89.5 Å². The van der Waals surface area contributed by atoms with Crippen molar-refractivity contribution in [2.24, 2.45) is 0 Å². The van der Waals surface area contributed by atoms with E-state index in [4.69, 9.17) is 0 Å². The minimum atomic E-state index is -0.237. The van der Waals surface area contributed by atoms with Crippen molar-refractivity contribution < 1.29 is 9.18 Å². The molecule has 0 aliphatic rings. The van der Waals surface area contributed by atoms with Gasteiger partial charge in [-0.15, -0.1) is 0 Å². The number of nitrogens with one attached hydrogen (secondary N) is 2. The molecule has 2 aromatic carbocycles. The SMILES string of the molecule is CC(C)c1ccccc1NC(=O)c1cncc(NCCc2ccc(F)cc2)c1. The Morgan fingerprint density at radius 1 is 1.07 bits per heavy atom. The Bertz CT molecular complexity index is 939. The minimum Gasteiger partial charge on any atom is -0.383 e. The lowest BCUT2D eigenvalue weighted by molar-refractivity contribution is 0.102. The van der Waals surface area contributed by atoms with Gasteiger partial charge < -0.3 is 10.6 Å². The number of nitrogens with zero attached hydrogens (tertiary/aromatic N) is 1. The van der Waals surface area contributed by atoms with Gasteiger partial charge in [-0.2, -0.15) is 0 Å². The third kappa shape index (κ3) is 5.16. The van der Waals surface area contributed by atoms with Crippen molar-refractivity contribution in [3.63, 3.8) is 0 Å². The van der Waals surface area contributed by atoms with Crippen LogP contribution in [0.3, 0.4) is 0 Å². The predicted molar refractivity (Wildman–Crippen MR) is 111 cm³/mol. The third-order valence-electron chi connectivity index (χ3n) is 4.49. The lowest BCUT2D eigenvalue weighted by Gasteiger charge is -2.14. The summed E-state index contributed by atoms with van der Waals surface area (Å²) < 4.78 is 13.0. The molecule has 0 saturated heterocycles. The van der Waals surface area contributed by atoms with Gasteiger partial charge in [0.1, 0.15) is 5.82 Å². The molecule has 3 aromatic rings. The average Bonchev–Trinajstić information content (AvgIpc) is 2.70. The Balaban J connectivity index is 1.62. The first kappa shape index (κ1) is 19.5. The standard InChI is InChI=1S/C23H24FN3O/c1-16(2)21-5-3-4-6-22(21)27-23(28)18-13-20(15-25-14-18)26-12-11-17-7-9-19(24)10-8-17/h3-10,13-16,26H,11-12H2,1-2H3,(H,27,28). The van der Waals surface area contributed by atoms with E-state index < -0.39 is 0 Å². The van der Waals surface area contributed by atoms with Gasteiger partial charge in [0.2, 0.25) is 0 Å². The van der Waals surface area contributed by atoms with Crippen LogP contribution in [0.4, 0.5) is 15.8 Å². The number of amides is 1. The highest BCUT2D eigenvalue weighted by atomic mass is 19.1. The zero-order valence-electron chi connectivity index (χ0n) is 16.1. The maximum absolute atomic E-state index is 13.0. The summed E-state index contributed by atoms with van der Waals surface area (Å²) in [7, 11) is 0. The van der Waals surface area contributed by atoms with Crippen molar-refractivity contribution in [1.29, 1.82) is 0 Å². The van der Waals surface area contributed by atoms with E-state index >= 15 is 0 Å². The molecule has 3 rings (SSSR count). The molecule has 0 saturated carbocycles. The molecule has 0 aliphatic heterocycles. The molecule has 0 bridgehead atoms. The lowest BCUT2D eigenvalue weighted by Crippen LogP contribution is -2.14. The summed E-state index contributed by atoms with van der Waals surface area (Å²) in [5.41, 5.74) is 4.22. The molecule has 1 heterocycles. The first-order valence-electron chi connectivity index (χ1n) is 9.36. The molecule has 1 amide bonds. The van der Waals surface area contributed by atoms with Crippen LogP contribution < -0.4 is 10.6 Å². The van der Waals surface area contributed by atoms with Crippen LogP contribution in [0, 0.1) is 5.82 Å². The van der Waals surface area contributed by atoms with Gasteiger partial charge in [-0.1, -0.05) is 44.2 Å². The number of rotatable bonds is 7. The van der Waals surface area contributed by atoms with Crippen LogP contribution in [-0.2, 0) is 6.42 Å². The number of hydrogen-bond donors (Lipinski definition) is 2. The maximum Gasteiger partial charge on any atom is 0.257 e. The van der Waals surface area contributed by atoms with Gasteiger partial charge in [-0.25, -0.2) is 4.39 Å². The number of halogens is 1. The van der Waals surface area contributed by atoms with E-state index in [1.807, 2.05) is 24.3 Å². The molecule has 4 nitrogen and oxygen atoms in total. The summed E-state index contributed by atoms with van der Waals surface area (Å²) in [6, 6.07) is 16.0. The zero-order chi connectivity index (χ0) is 19.9. The molecule has 5 heteroatoms. The largest absolute Gasteiger partial charge is 0.383 e. The van der Waals surface area contributed by atoms with E-state index in [-0.39, 0.29) is 11.7 Å². The van der Waals surface area contributed by atoms with Gasteiger partial charge in [0.15, 0.2) is 0 Å². The fourth-order valence-electron chi connectivity index (χ4n) is 2.97. The van der Waals surface area contributed by atoms with Crippen LogP contribution in [0.5, 0.6) is 0 Å². The number of hydrogen-bond acceptors (Lipinski definition) is 3. The van der Waals surface area contributed by atoms with Gasteiger partial charge in [0.25, 0.3) is 5.91 Å². The smallest absolute Gasteiger partial charge is 0.257 e. The number of pyridine rings is 1. The van der Waals surface area contributed by atoms with Crippen LogP contribution in [0.1, 0.15) is 41.3 Å². The predicted octanol–water partition coefficient (Wildman–Crippen LogP) is 5.25. The molecule has 28 heavy (non-hydrogen) atoms. The van der Waals surface area contributed by atoms with Gasteiger partial charge in [0.05, 0.1) is 11.3 Å². The number of carbonyl (C=O) groups is 1. The quantitative estimate of drug-likeness (QED) is 0.591. The molecule has 1 aromatic heterocycles. The Morgan fingerprint density at radius 3 is 2.57 bits per heavy atom. The van der Waals surface area contributed by atoms with E-state index in [9.17, 15) is 9.18 Å². The molecule has 0 radical (unpaired) electrons. The normalized spacial score (nSPS) is 10.7. The van der Waals surface area contributed by atoms with Crippen molar-refractivity contribution in [1.82, 2.24) is 4.98 Å². The van der Waals surface area contributed by atoms with Gasteiger partial charge in [0, 0.05) is 24.6 Å². The van der Waals surface area contributed by atoms with Gasteiger partial charge >= 0.3 is 0 Å². The van der Waals surface area contributed by atoms with Crippen LogP contribution in [0.25, 0.3) is 0 Å². The van der Waals surface area contributed by atoms with Crippen molar-refractivity contribution in [2.45, 2.75) is 26.2 Å². The highest BCUT2D eigenvalue weighted by Crippen LogP contribution is 2.24. The number of benzene rings is 2. The van der Waals surface area contributed by atoms with Crippen molar-refractivity contribution in [3.8, 4) is 0 Å². The fraction of sp³-hybridized carbons (Fsp3) is 0.217. The molecule has 0 spiro atoms. The zero-order valence-corrected chi connectivity index (χ0v) is 16.1. The van der Waals surface area contributed by atoms with E-state index in [1.165, 1.54) is 12.1 Å². The molecular formula is C23H24FN3O. The van der Waals surface area contributed by atoms with Crippen LogP contribution in [0.2, 0.25) is 0 Å². The molecule has 0 aliphatic carbocycles. The highest BCUT2D eigenvalue weighted by molar-refractivity contribution is 6.05. The van der Waals surface area contributed by atoms with Crippen molar-refractivity contribution >= 4 is 17.3 Å². The lowest BCUT2D eigenvalue weighted by atomic mass is 10.0. The molecule has 0 fully saturated rings. The second-order valence-electron chi connectivity index (χ2n) is 6.96. The topological polar surface area (TPSA) is 54.0 Å². The summed E-state index contributed by atoms with van der Waals surface area (Å²) in [6.07, 6.45) is 3.99. The monoisotopic (exact) mass is 377 g/mol. The molecular weight excluding hydrogens is 353 g/mol. The minimum absolute atomic E-state index is 0.192. The second kappa shape index (κ2) is 9.13. The van der Waals surface area contributed by atoms with Gasteiger partial charge in [-0.05, 0) is 47.7 Å². The van der Waals surface area contributed by atoms with Crippen LogP contribution in [-0.4, -0.2) is 17.4 Å². The van der Waals surface area contributed by atoms with E-state index in [2.05, 4.69) is 29.5 Å². The van der Waals surface area contributed by atoms with Crippen molar-refractivity contribution in [2.75, 3.05) is 17.2 Å². The summed E-state index contributed by atoms with van der Waals surface area (Å²) in [5.74, 6) is -0.115. The fourth-order valence-corrected chi connectivity index (χ4v) is 2.97. The Kier molecular flexibility index (Phi) is 6.37. The Hall–Kier alpha value is -3.21. The van der Waals surface area contributed by atoms with E-state index in [1.54, 1.807) is 30.6 Å². The molecule has 144 valence electrons. The van der Waals surface area contributed by atoms with E-state index in [0.29, 0.717) is 18.0 Å².